The number of carbonyl (C=O) groups excluding carboxylic acids is 2. The molecule has 10 heteroatoms. The Morgan fingerprint density at radius 1 is 1.41 bits per heavy atom. The van der Waals surface area contributed by atoms with Crippen LogP contribution in [0.15, 0.2) is 4.99 Å². The molecule has 0 amide bonds. The van der Waals surface area contributed by atoms with Crippen molar-refractivity contribution >= 4 is 52.0 Å². The molecule has 0 saturated carbocycles. The maximum atomic E-state index is 11.4. The van der Waals surface area contributed by atoms with Gasteiger partial charge in [-0.15, -0.1) is 0 Å². The molecule has 122 valence electrons. The molecular weight excluding hydrogens is 332 g/mol. The molecule has 1 aliphatic heterocycles. The van der Waals surface area contributed by atoms with Crippen LogP contribution in [-0.4, -0.2) is 58.2 Å². The van der Waals surface area contributed by atoms with Crippen LogP contribution >= 0.6 is 24.0 Å². The molecule has 0 saturated heterocycles. The lowest BCUT2D eigenvalue weighted by Crippen LogP contribution is -2.52. The fourth-order valence-electron chi connectivity index (χ4n) is 1.79. The highest BCUT2D eigenvalue weighted by Crippen LogP contribution is 2.14. The Morgan fingerprint density at radius 2 is 2.09 bits per heavy atom. The molecule has 0 radical (unpaired) electrons. The molecule has 1 heterocycles. The van der Waals surface area contributed by atoms with Crippen LogP contribution in [0.25, 0.3) is 0 Å². The maximum absolute atomic E-state index is 11.4. The third kappa shape index (κ3) is 5.98. The van der Waals surface area contributed by atoms with E-state index < -0.39 is 24.1 Å². The number of hydrogen-bond acceptors (Lipinski definition) is 7. The van der Waals surface area contributed by atoms with E-state index in [9.17, 15) is 19.5 Å². The van der Waals surface area contributed by atoms with Crippen LogP contribution in [0.3, 0.4) is 0 Å². The zero-order valence-electron chi connectivity index (χ0n) is 12.0. The molecule has 2 atom stereocenters. The quantitative estimate of drug-likeness (QED) is 0.409. The van der Waals surface area contributed by atoms with E-state index in [1.807, 2.05) is 0 Å². The third-order valence-electron chi connectivity index (χ3n) is 2.69. The number of ether oxygens (including phenoxy) is 2. The Hall–Kier alpha value is -1.68. The van der Waals surface area contributed by atoms with Crippen molar-refractivity contribution in [1.82, 2.24) is 5.32 Å². The fourth-order valence-corrected chi connectivity index (χ4v) is 2.54. The normalized spacial score (nSPS) is 20.6. The molecule has 8 nitrogen and oxygen atoms in total. The van der Waals surface area contributed by atoms with Gasteiger partial charge in [-0.2, -0.15) is 0 Å². The Labute approximate surface area is 136 Å². The first kappa shape index (κ1) is 18.4. The summed E-state index contributed by atoms with van der Waals surface area (Å²) in [5, 5.41) is 12.0. The molecule has 0 aliphatic carbocycles. The van der Waals surface area contributed by atoms with Crippen LogP contribution in [0, 0.1) is 5.92 Å². The van der Waals surface area contributed by atoms with Gasteiger partial charge in [-0.25, -0.2) is 9.79 Å². The topological polar surface area (TPSA) is 114 Å². The van der Waals surface area contributed by atoms with E-state index in [-0.39, 0.29) is 23.4 Å². The summed E-state index contributed by atoms with van der Waals surface area (Å²) in [5.74, 6) is -1.69. The van der Waals surface area contributed by atoms with Crippen molar-refractivity contribution in [2.75, 3.05) is 19.0 Å². The van der Waals surface area contributed by atoms with Crippen molar-refractivity contribution < 1.29 is 29.0 Å². The summed E-state index contributed by atoms with van der Waals surface area (Å²) < 4.78 is 9.63. The number of thioether (sulfide) groups is 1. The number of carboxylic acid groups (broad SMARTS) is 1. The van der Waals surface area contributed by atoms with Crippen LogP contribution in [0.5, 0.6) is 0 Å². The molecule has 0 aromatic heterocycles. The fraction of sp³-hybridized carbons (Fsp3) is 0.583. The van der Waals surface area contributed by atoms with E-state index in [4.69, 9.17) is 21.7 Å². The molecule has 1 rings (SSSR count). The van der Waals surface area contributed by atoms with Crippen molar-refractivity contribution in [3.63, 3.8) is 0 Å². The van der Waals surface area contributed by atoms with Crippen LogP contribution in [0.4, 0.5) is 4.79 Å². The van der Waals surface area contributed by atoms with Gasteiger partial charge in [0.15, 0.2) is 10.2 Å². The van der Waals surface area contributed by atoms with Gasteiger partial charge in [0.05, 0.1) is 6.04 Å². The number of hydrogen-bond donors (Lipinski definition) is 2. The number of aliphatic carboxylic acids is 1. The lowest BCUT2D eigenvalue weighted by molar-refractivity contribution is -0.140. The molecule has 2 N–H and O–H groups in total. The minimum Gasteiger partial charge on any atom is -0.481 e. The highest BCUT2D eigenvalue weighted by atomic mass is 32.2. The summed E-state index contributed by atoms with van der Waals surface area (Å²) >= 11 is 5.92. The highest BCUT2D eigenvalue weighted by Gasteiger charge is 2.35. The van der Waals surface area contributed by atoms with Gasteiger partial charge < -0.3 is 19.9 Å². The molecule has 0 bridgehead atoms. The highest BCUT2D eigenvalue weighted by molar-refractivity contribution is 8.13. The van der Waals surface area contributed by atoms with Crippen molar-refractivity contribution in [3.05, 3.63) is 0 Å². The molecule has 1 aliphatic rings. The molecule has 0 fully saturated rings. The van der Waals surface area contributed by atoms with Crippen molar-refractivity contribution in [1.29, 1.82) is 0 Å². The molecule has 2 unspecified atom stereocenters. The van der Waals surface area contributed by atoms with Gasteiger partial charge in [0.2, 0.25) is 0 Å². The summed E-state index contributed by atoms with van der Waals surface area (Å²) in [6.07, 6.45) is -0.929. The lowest BCUT2D eigenvalue weighted by atomic mass is 9.94. The van der Waals surface area contributed by atoms with E-state index in [1.54, 1.807) is 6.92 Å². The van der Waals surface area contributed by atoms with Crippen molar-refractivity contribution in [2.24, 2.45) is 10.9 Å². The molecule has 0 spiro atoms. The Balaban J connectivity index is 2.43. The second-order valence-corrected chi connectivity index (χ2v) is 6.03. The zero-order chi connectivity index (χ0) is 16.7. The zero-order valence-corrected chi connectivity index (χ0v) is 13.7. The Bertz CT molecular complexity index is 508. The van der Waals surface area contributed by atoms with Crippen molar-refractivity contribution in [3.8, 4) is 0 Å². The summed E-state index contributed by atoms with van der Waals surface area (Å²) in [6.45, 7) is 2.78. The average molecular weight is 348 g/mol. The minimum atomic E-state index is -1.09. The number of nitrogens with zero attached hydrogens (tertiary/aromatic N) is 1. The van der Waals surface area contributed by atoms with Crippen LogP contribution in [0.1, 0.15) is 13.8 Å². The number of rotatable bonds is 6. The van der Waals surface area contributed by atoms with E-state index in [1.165, 1.54) is 6.92 Å². The number of nitrogens with one attached hydrogen (secondary N) is 1. The van der Waals surface area contributed by atoms with Crippen LogP contribution in [0.2, 0.25) is 0 Å². The number of carbonyl (C=O) groups is 3. The van der Waals surface area contributed by atoms with Crippen LogP contribution in [-0.2, 0) is 19.1 Å². The predicted octanol–water partition coefficient (Wildman–Crippen LogP) is 0.838. The standard InChI is InChI=1S/C12H16N2O6S2/c1-6-9(10(16)17)8(14-11(21)13-6)5-20-12(18)19-3-4-22-7(2)15/h8-9H,3-5H2,1-2H3,(H,14,21)(H,16,17). The van der Waals surface area contributed by atoms with Gasteiger partial charge in [-0.1, -0.05) is 11.8 Å². The summed E-state index contributed by atoms with van der Waals surface area (Å²) in [6, 6.07) is -0.707. The van der Waals surface area contributed by atoms with Gasteiger partial charge >= 0.3 is 12.1 Å². The third-order valence-corrected chi connectivity index (χ3v) is 3.68. The maximum Gasteiger partial charge on any atom is 0.508 e. The van der Waals surface area contributed by atoms with E-state index >= 15 is 0 Å². The van der Waals surface area contributed by atoms with E-state index in [2.05, 4.69) is 10.3 Å². The van der Waals surface area contributed by atoms with Gasteiger partial charge in [0.25, 0.3) is 0 Å². The summed E-state index contributed by atoms with van der Waals surface area (Å²) in [7, 11) is 0. The lowest BCUT2D eigenvalue weighted by Gasteiger charge is -2.28. The number of carboxylic acids is 1. The summed E-state index contributed by atoms with van der Waals surface area (Å²) in [4.78, 5) is 37.2. The SMILES string of the molecule is CC(=O)SCCOC(=O)OCC1NC(=S)N=C(C)C1C(=O)O. The second-order valence-electron chi connectivity index (χ2n) is 4.37. The van der Waals surface area contributed by atoms with Gasteiger partial charge in [-0.3, -0.25) is 9.59 Å². The Morgan fingerprint density at radius 3 is 2.68 bits per heavy atom. The minimum absolute atomic E-state index is 0.0302. The summed E-state index contributed by atoms with van der Waals surface area (Å²) in [5.41, 5.74) is 0.344. The second kappa shape index (κ2) is 8.69. The van der Waals surface area contributed by atoms with Gasteiger partial charge in [0.1, 0.15) is 19.1 Å². The monoisotopic (exact) mass is 348 g/mol. The van der Waals surface area contributed by atoms with Gasteiger partial charge in [-0.05, 0) is 19.1 Å². The predicted molar refractivity (Wildman–Crippen MR) is 84.2 cm³/mol. The first-order chi connectivity index (χ1) is 10.3. The van der Waals surface area contributed by atoms with Crippen LogP contribution < -0.4 is 5.32 Å². The molecule has 22 heavy (non-hydrogen) atoms. The first-order valence-corrected chi connectivity index (χ1v) is 7.72. The smallest absolute Gasteiger partial charge is 0.481 e. The first-order valence-electron chi connectivity index (χ1n) is 6.32. The van der Waals surface area contributed by atoms with Gasteiger partial charge in [0, 0.05) is 18.4 Å². The number of thiocarbonyl (C=S) groups is 1. The van der Waals surface area contributed by atoms with E-state index in [0.29, 0.717) is 11.5 Å². The molecule has 0 aromatic rings. The molecule has 0 aromatic carbocycles. The Kier molecular flexibility index (Phi) is 7.25. The number of aliphatic imine (C=N–C) groups is 1. The average Bonchev–Trinajstić information content (AvgIpc) is 2.39. The van der Waals surface area contributed by atoms with E-state index in [0.717, 1.165) is 11.8 Å². The van der Waals surface area contributed by atoms with Crippen molar-refractivity contribution in [2.45, 2.75) is 19.9 Å². The largest absolute Gasteiger partial charge is 0.508 e. The molecular formula is C12H16N2O6S2.